The van der Waals surface area contributed by atoms with Crippen LogP contribution >= 0.6 is 0 Å². The minimum Gasteiger partial charge on any atom is -0.439 e. The normalized spacial score (nSPS) is 16.5. The second kappa shape index (κ2) is 20.3. The summed E-state index contributed by atoms with van der Waals surface area (Å²) in [6.07, 6.45) is 9.10. The van der Waals surface area contributed by atoms with Crippen LogP contribution in [0.25, 0.3) is 61.3 Å². The van der Waals surface area contributed by atoms with Crippen LogP contribution in [0.1, 0.15) is 56.4 Å². The number of pyridine rings is 1. The molecule has 1 unspecified atom stereocenters. The standard InChI is InChI=1S/C58H58N12O4/c1-7-45(71)61-29-36-11-9-12-41(28-36)52-48(38-20-24-44(25-21-38)74-46-13-8-10-34(4)66-46)50-54(60)63-32-65-56(50)70(52)30-42-26-27-69(35(42)5)58(73)40-16-14-37(15-17-40)47-49-53(59)62-31-64-55(49)68(6)51(47)39-18-22-43(23-19-39)67-57(72)33(2)3/h7-14,18-25,28,31-32,35,40,42H,1-2,15-17,26-27,29-30H2,3-6H3,(H,61,71)(H,67,72)(H2,59,62,64)(H2,60,63,65)/t35-,40+,42?/m1/s1. The Balaban J connectivity index is 0.945. The molecule has 5 aromatic heterocycles. The molecule has 3 atom stereocenters. The van der Waals surface area contributed by atoms with E-state index in [4.69, 9.17) is 21.2 Å². The lowest BCUT2D eigenvalue weighted by molar-refractivity contribution is -0.136. The maximum Gasteiger partial charge on any atom is 0.250 e. The zero-order chi connectivity index (χ0) is 51.8. The van der Waals surface area contributed by atoms with Crippen molar-refractivity contribution in [2.45, 2.75) is 65.6 Å². The van der Waals surface area contributed by atoms with Crippen LogP contribution in [0.5, 0.6) is 11.6 Å². The summed E-state index contributed by atoms with van der Waals surface area (Å²) in [4.78, 5) is 64.4. The zero-order valence-electron chi connectivity index (χ0n) is 41.9. The molecule has 2 aliphatic rings. The van der Waals surface area contributed by atoms with Gasteiger partial charge in [0.15, 0.2) is 0 Å². The Morgan fingerprint density at radius 2 is 1.54 bits per heavy atom. The van der Waals surface area contributed by atoms with Gasteiger partial charge in [-0.1, -0.05) is 67.8 Å². The number of rotatable bonds is 14. The first-order chi connectivity index (χ1) is 35.8. The molecule has 6 heterocycles. The molecule has 0 radical (unpaired) electrons. The zero-order valence-corrected chi connectivity index (χ0v) is 41.9. The number of carbonyl (C=O) groups excluding carboxylic acids is 3. The van der Waals surface area contributed by atoms with Gasteiger partial charge in [0.25, 0.3) is 5.91 Å². The first kappa shape index (κ1) is 48.7. The number of nitrogen functional groups attached to an aromatic ring is 2. The summed E-state index contributed by atoms with van der Waals surface area (Å²) in [6.45, 7) is 14.6. The summed E-state index contributed by atoms with van der Waals surface area (Å²) >= 11 is 0. The van der Waals surface area contributed by atoms with Crippen molar-refractivity contribution in [2.24, 2.45) is 18.9 Å². The Morgan fingerprint density at radius 1 is 0.838 bits per heavy atom. The van der Waals surface area contributed by atoms with E-state index in [0.717, 1.165) is 73.2 Å². The molecule has 16 nitrogen and oxygen atoms in total. The van der Waals surface area contributed by atoms with Gasteiger partial charge in [-0.15, -0.1) is 0 Å². The van der Waals surface area contributed by atoms with Crippen LogP contribution in [-0.2, 0) is 34.5 Å². The summed E-state index contributed by atoms with van der Waals surface area (Å²) in [5.74, 6) is 1.36. The maximum absolute atomic E-state index is 14.7. The molecule has 10 rings (SSSR count). The lowest BCUT2D eigenvalue weighted by Crippen LogP contribution is -2.40. The molecule has 16 heteroatoms. The number of nitrogens with zero attached hydrogens (tertiary/aromatic N) is 8. The summed E-state index contributed by atoms with van der Waals surface area (Å²) in [7, 11) is 1.97. The highest BCUT2D eigenvalue weighted by Gasteiger charge is 2.39. The van der Waals surface area contributed by atoms with Gasteiger partial charge in [0, 0.05) is 72.8 Å². The topological polar surface area (TPSA) is 214 Å². The Hall–Kier alpha value is -8.92. The Bertz CT molecular complexity index is 3560. The number of carbonyl (C=O) groups is 3. The molecule has 1 aliphatic carbocycles. The van der Waals surface area contributed by atoms with Gasteiger partial charge in [-0.05, 0) is 123 Å². The van der Waals surface area contributed by atoms with Crippen LogP contribution in [0.2, 0.25) is 0 Å². The van der Waals surface area contributed by atoms with Crippen LogP contribution < -0.4 is 26.8 Å². The van der Waals surface area contributed by atoms with Crippen molar-refractivity contribution in [1.82, 2.24) is 44.3 Å². The summed E-state index contributed by atoms with van der Waals surface area (Å²) in [6, 6.07) is 29.2. The number of benzene rings is 3. The van der Waals surface area contributed by atoms with E-state index in [1.807, 2.05) is 97.4 Å². The second-order valence-corrected chi connectivity index (χ2v) is 19.2. The maximum atomic E-state index is 14.7. The number of nitrogens with two attached hydrogens (primary N) is 2. The van der Waals surface area contributed by atoms with E-state index in [1.165, 1.54) is 18.7 Å². The number of likely N-dealkylation sites (tertiary alicyclic amines) is 1. The van der Waals surface area contributed by atoms with Gasteiger partial charge < -0.3 is 40.9 Å². The highest BCUT2D eigenvalue weighted by atomic mass is 16.5. The van der Waals surface area contributed by atoms with Crippen molar-refractivity contribution in [3.05, 3.63) is 151 Å². The van der Waals surface area contributed by atoms with Crippen molar-refractivity contribution in [1.29, 1.82) is 0 Å². The number of hydrogen-bond acceptors (Lipinski definition) is 11. The van der Waals surface area contributed by atoms with E-state index >= 15 is 0 Å². The Morgan fingerprint density at radius 3 is 2.23 bits per heavy atom. The van der Waals surface area contributed by atoms with Crippen LogP contribution in [0.3, 0.4) is 0 Å². The molecule has 1 aliphatic heterocycles. The van der Waals surface area contributed by atoms with Crippen LogP contribution in [0, 0.1) is 18.8 Å². The number of aryl methyl sites for hydroxylation is 2. The van der Waals surface area contributed by atoms with Gasteiger partial charge in [0.05, 0.1) is 22.2 Å². The molecular weight excluding hydrogens is 929 g/mol. The van der Waals surface area contributed by atoms with Crippen LogP contribution in [0.4, 0.5) is 17.3 Å². The third-order valence-corrected chi connectivity index (χ3v) is 14.4. The minimum atomic E-state index is -0.263. The number of amides is 3. The van der Waals surface area contributed by atoms with Crippen molar-refractivity contribution in [3.63, 3.8) is 0 Å². The number of nitrogens with one attached hydrogen (secondary N) is 2. The van der Waals surface area contributed by atoms with Crippen LogP contribution in [-0.4, -0.2) is 69.3 Å². The van der Waals surface area contributed by atoms with E-state index in [1.54, 1.807) is 6.92 Å². The number of hydrogen-bond donors (Lipinski definition) is 4. The molecular formula is C58H58N12O4. The van der Waals surface area contributed by atoms with Crippen molar-refractivity contribution in [2.75, 3.05) is 23.3 Å². The van der Waals surface area contributed by atoms with Gasteiger partial charge >= 0.3 is 0 Å². The predicted octanol–water partition coefficient (Wildman–Crippen LogP) is 9.81. The van der Waals surface area contributed by atoms with E-state index in [-0.39, 0.29) is 35.6 Å². The largest absolute Gasteiger partial charge is 0.439 e. The van der Waals surface area contributed by atoms with Gasteiger partial charge in [-0.3, -0.25) is 14.4 Å². The molecule has 74 heavy (non-hydrogen) atoms. The number of allylic oxidation sites excluding steroid dienone is 2. The molecule has 0 spiro atoms. The molecule has 0 saturated carbocycles. The second-order valence-electron chi connectivity index (χ2n) is 19.2. The fraction of sp³-hybridized carbons (Fsp3) is 0.241. The fourth-order valence-electron chi connectivity index (χ4n) is 10.6. The molecule has 1 saturated heterocycles. The van der Waals surface area contributed by atoms with Crippen molar-refractivity contribution < 1.29 is 19.1 Å². The van der Waals surface area contributed by atoms with E-state index in [9.17, 15) is 14.4 Å². The SMILES string of the molecule is C=CC(=O)NCc1cccc(-c2c(-c3ccc(Oc4cccc(C)n4)cc3)c3c(N)ncnc3n2CC2CCN(C(=O)[C@H]3CC=C(c4c(-c5ccc(NC(=O)C(=C)C)cc5)n(C)c5ncnc(N)c45)CC3)[C@@H]2C)c1. The molecule has 3 aromatic carbocycles. The van der Waals surface area contributed by atoms with Crippen LogP contribution in [0.15, 0.2) is 135 Å². The first-order valence-electron chi connectivity index (χ1n) is 24.8. The summed E-state index contributed by atoms with van der Waals surface area (Å²) < 4.78 is 10.4. The molecule has 0 bridgehead atoms. The van der Waals surface area contributed by atoms with Gasteiger partial charge in [0.1, 0.15) is 41.3 Å². The van der Waals surface area contributed by atoms with Gasteiger partial charge in [-0.25, -0.2) is 24.9 Å². The number of fused-ring (bicyclic) bond motifs is 2. The number of anilines is 3. The van der Waals surface area contributed by atoms with E-state index in [2.05, 4.69) is 78.3 Å². The third-order valence-electron chi connectivity index (χ3n) is 14.4. The molecule has 8 aromatic rings. The average molecular weight is 987 g/mol. The Kier molecular flexibility index (Phi) is 13.4. The lowest BCUT2D eigenvalue weighted by atomic mass is 9.84. The van der Waals surface area contributed by atoms with Crippen molar-refractivity contribution >= 4 is 62.7 Å². The molecule has 1 fully saturated rings. The predicted molar refractivity (Wildman–Crippen MR) is 290 cm³/mol. The highest BCUT2D eigenvalue weighted by molar-refractivity contribution is 6.08. The molecule has 3 amide bonds. The van der Waals surface area contributed by atoms with Crippen molar-refractivity contribution in [3.8, 4) is 45.3 Å². The summed E-state index contributed by atoms with van der Waals surface area (Å²) in [5, 5.41) is 7.29. The Labute approximate surface area is 428 Å². The first-order valence-corrected chi connectivity index (χ1v) is 24.8. The number of aromatic nitrogens is 7. The van der Waals surface area contributed by atoms with Gasteiger partial charge in [0.2, 0.25) is 17.7 Å². The minimum absolute atomic E-state index is 0.0708. The van der Waals surface area contributed by atoms with E-state index < -0.39 is 0 Å². The fourth-order valence-corrected chi connectivity index (χ4v) is 10.6. The number of ether oxygens (including phenoxy) is 1. The third kappa shape index (κ3) is 9.37. The molecule has 374 valence electrons. The molecule has 6 N–H and O–H groups in total. The monoisotopic (exact) mass is 986 g/mol. The quantitative estimate of drug-likeness (QED) is 0.0753. The smallest absolute Gasteiger partial charge is 0.250 e. The summed E-state index contributed by atoms with van der Waals surface area (Å²) in [5.41, 5.74) is 25.1. The lowest BCUT2D eigenvalue weighted by Gasteiger charge is -2.31. The van der Waals surface area contributed by atoms with E-state index in [0.29, 0.717) is 84.7 Å². The average Bonchev–Trinajstić information content (AvgIpc) is 4.06. The highest BCUT2D eigenvalue weighted by Crippen LogP contribution is 2.46. The van der Waals surface area contributed by atoms with Gasteiger partial charge in [-0.2, -0.15) is 0 Å².